The number of amides is 2. The van der Waals surface area contributed by atoms with Gasteiger partial charge in [0.05, 0.1) is 4.90 Å². The van der Waals surface area contributed by atoms with Crippen LogP contribution in [0, 0.1) is 6.92 Å². The molecule has 2 aliphatic rings. The van der Waals surface area contributed by atoms with Crippen molar-refractivity contribution in [2.24, 2.45) is 4.36 Å². The van der Waals surface area contributed by atoms with Crippen molar-refractivity contribution in [3.05, 3.63) is 82.5 Å². The molecule has 0 aliphatic heterocycles. The number of hydrogen-bond donors (Lipinski definition) is 2. The van der Waals surface area contributed by atoms with Crippen LogP contribution >= 0.6 is 0 Å². The van der Waals surface area contributed by atoms with Gasteiger partial charge in [0.15, 0.2) is 15.7 Å². The Balaban J connectivity index is 1.51. The van der Waals surface area contributed by atoms with Crippen LogP contribution in [0.15, 0.2) is 64.0 Å². The van der Waals surface area contributed by atoms with Gasteiger partial charge >= 0.3 is 6.03 Å². The standard InChI is InChI=1S/C25H26N4O2S/c1-17-11-13-20(14-12-17)32(31,28-23-10-2-3-15-26-23)29-25(30)27-24-21-8-4-6-18(21)16-19-7-5-9-22(19)24/h2-3,10-16H,4-9H2,1H3,(H2,26,27,28,29,30,31). The Labute approximate surface area is 188 Å². The number of carbonyl (C=O) groups is 1. The number of fused-ring (bicyclic) bond motifs is 2. The molecule has 164 valence electrons. The van der Waals surface area contributed by atoms with Crippen LogP contribution in [-0.4, -0.2) is 15.2 Å². The van der Waals surface area contributed by atoms with Gasteiger partial charge in [-0.2, -0.15) is 4.36 Å². The molecule has 1 aromatic heterocycles. The number of benzene rings is 2. The zero-order chi connectivity index (χ0) is 22.1. The number of nitrogens with zero attached hydrogens (tertiary/aromatic N) is 2. The van der Waals surface area contributed by atoms with Crippen molar-refractivity contribution >= 4 is 27.5 Å². The smallest absolute Gasteiger partial charge is 0.307 e. The second kappa shape index (κ2) is 8.39. The topological polar surface area (TPSA) is 83.5 Å². The van der Waals surface area contributed by atoms with Crippen molar-refractivity contribution in [2.75, 3.05) is 5.32 Å². The number of urea groups is 1. The molecule has 0 spiro atoms. The first-order valence-corrected chi connectivity index (χ1v) is 12.5. The molecule has 2 N–H and O–H groups in total. The van der Waals surface area contributed by atoms with E-state index >= 15 is 0 Å². The van der Waals surface area contributed by atoms with Crippen LogP contribution in [-0.2, 0) is 35.6 Å². The number of aryl methyl sites for hydroxylation is 3. The van der Waals surface area contributed by atoms with Crippen molar-refractivity contribution in [3.63, 3.8) is 0 Å². The minimum Gasteiger partial charge on any atom is -0.307 e. The van der Waals surface area contributed by atoms with E-state index in [9.17, 15) is 9.00 Å². The summed E-state index contributed by atoms with van der Waals surface area (Å²) >= 11 is 0. The van der Waals surface area contributed by atoms with Crippen molar-refractivity contribution < 1.29 is 9.00 Å². The number of pyridine rings is 1. The molecule has 1 atom stereocenters. The first-order chi connectivity index (χ1) is 15.5. The molecular formula is C25H26N4O2S. The third-order valence-electron chi connectivity index (χ3n) is 6.15. The molecule has 2 amide bonds. The van der Waals surface area contributed by atoms with Gasteiger partial charge in [0, 0.05) is 11.9 Å². The Hall–Kier alpha value is -3.19. The summed E-state index contributed by atoms with van der Waals surface area (Å²) < 4.78 is 21.0. The summed E-state index contributed by atoms with van der Waals surface area (Å²) in [7, 11) is -3.28. The van der Waals surface area contributed by atoms with Gasteiger partial charge in [-0.1, -0.05) is 29.8 Å². The number of anilines is 1. The average molecular weight is 447 g/mol. The van der Waals surface area contributed by atoms with E-state index in [-0.39, 0.29) is 0 Å². The largest absolute Gasteiger partial charge is 0.331 e. The van der Waals surface area contributed by atoms with E-state index < -0.39 is 15.9 Å². The SMILES string of the molecule is Cc1ccc(S(=O)(=Nc2ccccn2)NC(=O)Nc2c3c(cc4c2CCC4)CCC3)cc1. The molecular weight excluding hydrogens is 420 g/mol. The van der Waals surface area contributed by atoms with Crippen LogP contribution in [0.5, 0.6) is 0 Å². The minimum atomic E-state index is -3.28. The maximum atomic E-state index is 14.0. The van der Waals surface area contributed by atoms with Gasteiger partial charge < -0.3 is 5.32 Å². The van der Waals surface area contributed by atoms with Gasteiger partial charge in [-0.15, -0.1) is 0 Å². The highest BCUT2D eigenvalue weighted by Gasteiger charge is 2.26. The maximum absolute atomic E-state index is 14.0. The molecule has 0 saturated carbocycles. The van der Waals surface area contributed by atoms with Crippen molar-refractivity contribution in [2.45, 2.75) is 50.3 Å². The van der Waals surface area contributed by atoms with Gasteiger partial charge in [-0.05, 0) is 92.0 Å². The van der Waals surface area contributed by atoms with E-state index in [1.165, 1.54) is 22.3 Å². The predicted molar refractivity (Wildman–Crippen MR) is 127 cm³/mol. The van der Waals surface area contributed by atoms with Crippen LogP contribution < -0.4 is 10.0 Å². The summed E-state index contributed by atoms with van der Waals surface area (Å²) in [5.74, 6) is 0.305. The van der Waals surface area contributed by atoms with Crippen LogP contribution in [0.4, 0.5) is 16.3 Å². The molecule has 32 heavy (non-hydrogen) atoms. The number of rotatable bonds is 4. The van der Waals surface area contributed by atoms with Crippen LogP contribution in [0.3, 0.4) is 0 Å². The van der Waals surface area contributed by atoms with E-state index in [1.54, 1.807) is 36.5 Å². The lowest BCUT2D eigenvalue weighted by molar-refractivity contribution is 0.256. The van der Waals surface area contributed by atoms with Crippen LogP contribution in [0.2, 0.25) is 0 Å². The first-order valence-electron chi connectivity index (χ1n) is 11.0. The monoisotopic (exact) mass is 446 g/mol. The second-order valence-electron chi connectivity index (χ2n) is 8.41. The van der Waals surface area contributed by atoms with E-state index in [4.69, 9.17) is 0 Å². The molecule has 1 unspecified atom stereocenters. The van der Waals surface area contributed by atoms with Crippen LogP contribution in [0.1, 0.15) is 40.7 Å². The summed E-state index contributed by atoms with van der Waals surface area (Å²) in [6.07, 6.45) is 7.81. The summed E-state index contributed by atoms with van der Waals surface area (Å²) in [6, 6.07) is 14.2. The fraction of sp³-hybridized carbons (Fsp3) is 0.280. The second-order valence-corrected chi connectivity index (χ2v) is 10.3. The Kier molecular flexibility index (Phi) is 5.43. The molecule has 0 saturated heterocycles. The molecule has 0 fully saturated rings. The van der Waals surface area contributed by atoms with Gasteiger partial charge in [-0.25, -0.2) is 18.7 Å². The molecule has 6 nitrogen and oxygen atoms in total. The van der Waals surface area contributed by atoms with E-state index in [1.807, 2.05) is 19.1 Å². The molecule has 7 heteroatoms. The van der Waals surface area contributed by atoms with Gasteiger partial charge in [-0.3, -0.25) is 0 Å². The summed E-state index contributed by atoms with van der Waals surface area (Å²) in [4.78, 5) is 17.8. The van der Waals surface area contributed by atoms with Crippen LogP contribution in [0.25, 0.3) is 0 Å². The minimum absolute atomic E-state index is 0.305. The fourth-order valence-corrected chi connectivity index (χ4v) is 6.08. The lowest BCUT2D eigenvalue weighted by Gasteiger charge is -2.18. The van der Waals surface area contributed by atoms with Crippen molar-refractivity contribution in [3.8, 4) is 0 Å². The molecule has 0 bridgehead atoms. The Morgan fingerprint density at radius 2 is 1.66 bits per heavy atom. The van der Waals surface area contributed by atoms with Gasteiger partial charge in [0.1, 0.15) is 0 Å². The Bertz CT molecular complexity index is 1260. The lowest BCUT2D eigenvalue weighted by Crippen LogP contribution is -2.34. The number of carbonyl (C=O) groups excluding carboxylic acids is 1. The molecule has 3 aromatic rings. The lowest BCUT2D eigenvalue weighted by atomic mass is 9.99. The Morgan fingerprint density at radius 1 is 0.969 bits per heavy atom. The Morgan fingerprint density at radius 3 is 2.28 bits per heavy atom. The first kappa shape index (κ1) is 20.7. The number of hydrogen-bond acceptors (Lipinski definition) is 4. The normalized spacial score (nSPS) is 16.0. The number of aromatic nitrogens is 1. The molecule has 1 heterocycles. The summed E-state index contributed by atoms with van der Waals surface area (Å²) in [5.41, 5.74) is 7.06. The zero-order valence-corrected chi connectivity index (χ0v) is 18.9. The highest BCUT2D eigenvalue weighted by molar-refractivity contribution is 7.92. The summed E-state index contributed by atoms with van der Waals surface area (Å²) in [5, 5.41) is 3.06. The molecule has 0 radical (unpaired) electrons. The van der Waals surface area contributed by atoms with E-state index in [0.29, 0.717) is 10.7 Å². The van der Waals surface area contributed by atoms with E-state index in [0.717, 1.165) is 49.8 Å². The highest BCUT2D eigenvalue weighted by Crippen LogP contribution is 2.38. The van der Waals surface area contributed by atoms with Crippen molar-refractivity contribution in [1.29, 1.82) is 0 Å². The number of nitrogens with one attached hydrogen (secondary N) is 2. The maximum Gasteiger partial charge on any atom is 0.331 e. The van der Waals surface area contributed by atoms with Gasteiger partial charge in [0.2, 0.25) is 0 Å². The predicted octanol–water partition coefficient (Wildman–Crippen LogP) is 5.26. The molecule has 5 rings (SSSR count). The van der Waals surface area contributed by atoms with Crippen molar-refractivity contribution in [1.82, 2.24) is 9.71 Å². The molecule has 2 aliphatic carbocycles. The average Bonchev–Trinajstić information content (AvgIpc) is 3.44. The van der Waals surface area contributed by atoms with Gasteiger partial charge in [0.25, 0.3) is 0 Å². The quantitative estimate of drug-likeness (QED) is 0.573. The van der Waals surface area contributed by atoms with E-state index in [2.05, 4.69) is 25.5 Å². The third kappa shape index (κ3) is 4.00. The summed E-state index contributed by atoms with van der Waals surface area (Å²) in [6.45, 7) is 1.96. The highest BCUT2D eigenvalue weighted by atomic mass is 32.2. The fourth-order valence-electron chi connectivity index (χ4n) is 4.63. The molecule has 2 aromatic carbocycles. The zero-order valence-electron chi connectivity index (χ0n) is 18.1. The third-order valence-corrected chi connectivity index (χ3v) is 7.97.